The molecule has 0 unspecified atom stereocenters. The van der Waals surface area contributed by atoms with Crippen molar-refractivity contribution in [3.63, 3.8) is 0 Å². The molecule has 1 aliphatic heterocycles. The molecule has 4 rings (SSSR count). The van der Waals surface area contributed by atoms with Crippen molar-refractivity contribution in [2.24, 2.45) is 34.6 Å². The van der Waals surface area contributed by atoms with E-state index in [0.717, 1.165) is 22.0 Å². The molecular weight excluding hydrogens is 1120 g/mol. The number of carbonyl (C=O) groups is 9. The maximum absolute atomic E-state index is 14.6. The number of nitrogens with one attached hydrogen (secondary N) is 10. The molecule has 8 amide bonds. The Balaban J connectivity index is 1.60. The van der Waals surface area contributed by atoms with Crippen LogP contribution < -0.4 is 71.2 Å². The number of benzene rings is 2. The summed E-state index contributed by atoms with van der Waals surface area (Å²) in [6.07, 6.45) is 7.63. The Hall–Kier alpha value is -7.33. The molecule has 26 nitrogen and oxygen atoms in total. The molecular formula is C59H94N16O10S. The highest BCUT2D eigenvalue weighted by Gasteiger charge is 2.40. The van der Waals surface area contributed by atoms with E-state index in [-0.39, 0.29) is 89.9 Å². The lowest BCUT2D eigenvalue weighted by Gasteiger charge is -2.31. The number of para-hydroxylation sites is 1. The second kappa shape index (κ2) is 38.0. The van der Waals surface area contributed by atoms with Crippen LogP contribution in [0.4, 0.5) is 0 Å². The molecule has 3 aromatic rings. The molecule has 27 heteroatoms. The first-order chi connectivity index (χ1) is 41.2. The number of nitrogens with two attached hydrogens (primary N) is 5. The monoisotopic (exact) mass is 1220 g/mol. The zero-order valence-electron chi connectivity index (χ0n) is 50.0. The number of H-pyrrole nitrogens is 1. The van der Waals surface area contributed by atoms with Crippen molar-refractivity contribution in [2.45, 2.75) is 171 Å². The first kappa shape index (κ1) is 71.2. The number of hydrogen-bond acceptors (Lipinski definition) is 15. The fourth-order valence-corrected chi connectivity index (χ4v) is 10.6. The molecule has 1 fully saturated rings. The average Bonchev–Trinajstić information content (AvgIpc) is 3.52. The van der Waals surface area contributed by atoms with Crippen molar-refractivity contribution in [3.05, 3.63) is 71.9 Å². The van der Waals surface area contributed by atoms with Crippen LogP contribution in [-0.4, -0.2) is 173 Å². The van der Waals surface area contributed by atoms with Gasteiger partial charge in [0.05, 0.1) is 6.04 Å². The zero-order chi connectivity index (χ0) is 63.1. The first-order valence-electron chi connectivity index (χ1n) is 29.9. The maximum Gasteiger partial charge on any atom is 0.326 e. The molecule has 1 saturated heterocycles. The SMILES string of the molecule is CSCC[C@H](NC(=O)[C@H](Cc1c[nH]c2ccccc12)NC(=O)[C@@H](N)Cc1ccccc1)C(=O)N[C@@H](CCCCN)C(=O)N[C@@H](CCCNC(=N)N)C(=O)N[C@@H](CCCCN)C(=O)N[C@@H](CCCCN)C(=O)N[C@H](C(=O)N1CCC[C@H]1C(=O)O)C(C)C. The Morgan fingerprint density at radius 2 is 1.09 bits per heavy atom. The van der Waals surface area contributed by atoms with Crippen LogP contribution in [0.25, 0.3) is 10.9 Å². The highest BCUT2D eigenvalue weighted by atomic mass is 32.2. The molecule has 2 heterocycles. The van der Waals surface area contributed by atoms with E-state index in [1.165, 1.54) is 16.7 Å². The minimum absolute atomic E-state index is 0.0317. The molecule has 0 saturated carbocycles. The van der Waals surface area contributed by atoms with Crippen molar-refractivity contribution in [3.8, 4) is 0 Å². The highest BCUT2D eigenvalue weighted by Crippen LogP contribution is 2.22. The third-order valence-electron chi connectivity index (χ3n) is 15.0. The molecule has 0 spiro atoms. The summed E-state index contributed by atoms with van der Waals surface area (Å²) in [6, 6.07) is 5.99. The second-order valence-electron chi connectivity index (χ2n) is 22.1. The van der Waals surface area contributed by atoms with E-state index in [2.05, 4.69) is 47.5 Å². The Kier molecular flexibility index (Phi) is 31.4. The lowest BCUT2D eigenvalue weighted by molar-refractivity contribution is -0.150. The number of rotatable bonds is 40. The quantitative estimate of drug-likeness (QED) is 0.0199. The standard InChI is InChI=1S/C59H94N16O10S/c1-36(2)49(57(83)75-31-16-25-48(75)58(84)85)74-55(81)44(23-11-14-29-62)70-51(77)42(21-9-12-27-60)68-53(79)45(24-15-30-66-59(64)65)71-52(78)43(22-10-13-28-61)69-54(80)46(26-32-86-3)72-56(82)47(34-38-35-67-41-20-8-7-19-39(38)41)73-50(76)40(63)33-37-17-5-4-6-18-37/h4-8,17-20,35-36,40,42-49,67H,9-16,21-34,60-63H2,1-3H3,(H,68,79)(H,69,80)(H,70,77)(H,71,78)(H,72,82)(H,73,76)(H,74,81)(H,84,85)(H4,64,65,66)/t40-,42-,43-,44-,45-,46-,47-,48-,49-/m0/s1. The molecule has 21 N–H and O–H groups in total. The predicted molar refractivity (Wildman–Crippen MR) is 332 cm³/mol. The molecule has 476 valence electrons. The smallest absolute Gasteiger partial charge is 0.326 e. The molecule has 86 heavy (non-hydrogen) atoms. The number of aromatic nitrogens is 1. The lowest BCUT2D eigenvalue weighted by atomic mass is 10.00. The number of amides is 8. The van der Waals surface area contributed by atoms with E-state index in [1.807, 2.05) is 60.9 Å². The summed E-state index contributed by atoms with van der Waals surface area (Å²) in [5, 5.41) is 40.6. The molecule has 0 aliphatic carbocycles. The van der Waals surface area contributed by atoms with E-state index in [1.54, 1.807) is 20.0 Å². The summed E-state index contributed by atoms with van der Waals surface area (Å²) in [5.41, 5.74) is 31.8. The van der Waals surface area contributed by atoms with Gasteiger partial charge in [-0.25, -0.2) is 4.79 Å². The molecule has 0 radical (unpaired) electrons. The number of guanidine groups is 1. The van der Waals surface area contributed by atoms with Gasteiger partial charge in [0, 0.05) is 36.6 Å². The molecule has 9 atom stereocenters. The molecule has 2 aromatic carbocycles. The fourth-order valence-electron chi connectivity index (χ4n) is 10.2. The Bertz CT molecular complexity index is 2680. The van der Waals surface area contributed by atoms with Crippen LogP contribution in [-0.2, 0) is 56.0 Å². The van der Waals surface area contributed by atoms with Crippen molar-refractivity contribution >= 4 is 81.9 Å². The number of nitrogens with zero attached hydrogens (tertiary/aromatic N) is 1. The van der Waals surface area contributed by atoms with Gasteiger partial charge in [-0.2, -0.15) is 11.8 Å². The third kappa shape index (κ3) is 23.5. The minimum atomic E-state index is -1.34. The van der Waals surface area contributed by atoms with Gasteiger partial charge in [-0.1, -0.05) is 62.4 Å². The van der Waals surface area contributed by atoms with Crippen LogP contribution in [0, 0.1) is 11.3 Å². The predicted octanol–water partition coefficient (Wildman–Crippen LogP) is -0.191. The Labute approximate surface area is 508 Å². The van der Waals surface area contributed by atoms with Crippen molar-refractivity contribution in [1.29, 1.82) is 5.41 Å². The number of unbranched alkanes of at least 4 members (excludes halogenated alkanes) is 3. The van der Waals surface area contributed by atoms with Gasteiger partial charge < -0.3 is 86.2 Å². The van der Waals surface area contributed by atoms with Crippen LogP contribution in [0.15, 0.2) is 60.8 Å². The molecule has 1 aliphatic rings. The van der Waals surface area contributed by atoms with Crippen LogP contribution in [0.3, 0.4) is 0 Å². The van der Waals surface area contributed by atoms with Crippen LogP contribution in [0.2, 0.25) is 0 Å². The first-order valence-corrected chi connectivity index (χ1v) is 31.3. The van der Waals surface area contributed by atoms with Gasteiger partial charge in [-0.15, -0.1) is 0 Å². The normalized spacial score (nSPS) is 15.9. The van der Waals surface area contributed by atoms with Crippen molar-refractivity contribution in [1.82, 2.24) is 52.4 Å². The molecule has 1 aromatic heterocycles. The maximum atomic E-state index is 14.6. The highest BCUT2D eigenvalue weighted by molar-refractivity contribution is 7.98. The number of thioether (sulfide) groups is 1. The summed E-state index contributed by atoms with van der Waals surface area (Å²) in [7, 11) is 0. The van der Waals surface area contributed by atoms with Gasteiger partial charge in [0.2, 0.25) is 47.3 Å². The Morgan fingerprint density at radius 3 is 1.58 bits per heavy atom. The number of hydrogen-bond donors (Lipinski definition) is 16. The van der Waals surface area contributed by atoms with Crippen LogP contribution in [0.5, 0.6) is 0 Å². The van der Waals surface area contributed by atoms with Gasteiger partial charge in [0.15, 0.2) is 5.96 Å². The van der Waals surface area contributed by atoms with Gasteiger partial charge in [-0.3, -0.25) is 43.8 Å². The number of aliphatic carboxylic acids is 1. The topological polar surface area (TPSA) is 443 Å². The summed E-state index contributed by atoms with van der Waals surface area (Å²) in [4.78, 5) is 131. The number of carboxylic acid groups (broad SMARTS) is 1. The van der Waals surface area contributed by atoms with E-state index >= 15 is 0 Å². The average molecular weight is 1220 g/mol. The van der Waals surface area contributed by atoms with E-state index in [9.17, 15) is 48.3 Å². The fraction of sp³-hybridized carbons (Fsp3) is 0.593. The number of carboxylic acids is 1. The van der Waals surface area contributed by atoms with Crippen molar-refractivity contribution in [2.75, 3.05) is 44.7 Å². The number of carbonyl (C=O) groups excluding carboxylic acids is 8. The van der Waals surface area contributed by atoms with Gasteiger partial charge >= 0.3 is 5.97 Å². The lowest BCUT2D eigenvalue weighted by Crippen LogP contribution is -2.60. The number of fused-ring (bicyclic) bond motifs is 1. The molecule has 0 bridgehead atoms. The summed E-state index contributed by atoms with van der Waals surface area (Å²) < 4.78 is 0. The summed E-state index contributed by atoms with van der Waals surface area (Å²) in [5.74, 6) is -7.05. The van der Waals surface area contributed by atoms with Crippen LogP contribution in [0.1, 0.15) is 115 Å². The number of aromatic amines is 1. The van der Waals surface area contributed by atoms with Gasteiger partial charge in [-0.05, 0) is 151 Å². The van der Waals surface area contributed by atoms with Crippen molar-refractivity contribution < 1.29 is 48.3 Å². The zero-order valence-corrected chi connectivity index (χ0v) is 50.8. The van der Waals surface area contributed by atoms with Crippen LogP contribution >= 0.6 is 11.8 Å². The van der Waals surface area contributed by atoms with Gasteiger partial charge in [0.25, 0.3) is 0 Å². The third-order valence-corrected chi connectivity index (χ3v) is 15.7. The second-order valence-corrected chi connectivity index (χ2v) is 23.1. The number of likely N-dealkylation sites (tertiary alicyclic amines) is 1. The van der Waals surface area contributed by atoms with E-state index in [4.69, 9.17) is 34.1 Å². The largest absolute Gasteiger partial charge is 0.480 e. The summed E-state index contributed by atoms with van der Waals surface area (Å²) >= 11 is 1.42. The van der Waals surface area contributed by atoms with E-state index in [0.29, 0.717) is 57.2 Å². The summed E-state index contributed by atoms with van der Waals surface area (Å²) in [6.45, 7) is 4.58. The van der Waals surface area contributed by atoms with E-state index < -0.39 is 114 Å². The minimum Gasteiger partial charge on any atom is -0.480 e. The van der Waals surface area contributed by atoms with Gasteiger partial charge in [0.1, 0.15) is 48.3 Å². The Morgan fingerprint density at radius 1 is 0.628 bits per heavy atom.